The van der Waals surface area contributed by atoms with E-state index < -0.39 is 11.5 Å². The summed E-state index contributed by atoms with van der Waals surface area (Å²) in [6.45, 7) is 2.26. The molecule has 1 amide bonds. The Hall–Kier alpha value is -2.18. The van der Waals surface area contributed by atoms with Crippen LogP contribution in [0.25, 0.3) is 0 Å². The lowest BCUT2D eigenvalue weighted by Gasteiger charge is -2.22. The molecule has 1 heterocycles. The lowest BCUT2D eigenvalue weighted by atomic mass is 9.88. The molecule has 3 rings (SSSR count). The number of hydrogen-bond acceptors (Lipinski definition) is 4. The highest BCUT2D eigenvalue weighted by atomic mass is 79.9. The molecule has 0 spiro atoms. The third-order valence-electron chi connectivity index (χ3n) is 4.44. The van der Waals surface area contributed by atoms with Crippen LogP contribution in [0.15, 0.2) is 46.9 Å². The van der Waals surface area contributed by atoms with Crippen LogP contribution in [0.4, 0.5) is 5.69 Å². The van der Waals surface area contributed by atoms with Gasteiger partial charge in [0.05, 0.1) is 19.2 Å². The van der Waals surface area contributed by atoms with Crippen LogP contribution in [-0.2, 0) is 10.4 Å². The van der Waals surface area contributed by atoms with Crippen molar-refractivity contribution in [2.75, 3.05) is 18.6 Å². The van der Waals surface area contributed by atoms with E-state index in [0.29, 0.717) is 29.1 Å². The van der Waals surface area contributed by atoms with Gasteiger partial charge in [-0.25, -0.2) is 0 Å². The van der Waals surface area contributed by atoms with E-state index in [2.05, 4.69) is 15.9 Å². The zero-order valence-electron chi connectivity index (χ0n) is 14.0. The predicted molar refractivity (Wildman–Crippen MR) is 98.0 cm³/mol. The summed E-state index contributed by atoms with van der Waals surface area (Å²) in [6.07, 6.45) is -0.307. The molecule has 1 aliphatic heterocycles. The van der Waals surface area contributed by atoms with Crippen LogP contribution in [0.1, 0.15) is 29.3 Å². The summed E-state index contributed by atoms with van der Waals surface area (Å²) in [7, 11) is 1.55. The third-order valence-corrected chi connectivity index (χ3v) is 4.93. The minimum atomic E-state index is -1.86. The van der Waals surface area contributed by atoms with Crippen LogP contribution in [0.5, 0.6) is 5.75 Å². The standard InChI is InChI=1S/C19H18BrNO4/c1-3-21-16-9-6-13(20)10-15(16)19(24,18(21)23)11-17(22)12-4-7-14(25-2)8-5-12/h4-10,24H,3,11H2,1-2H3. The second-order valence-electron chi connectivity index (χ2n) is 5.90. The number of nitrogens with zero attached hydrogens (tertiary/aromatic N) is 1. The summed E-state index contributed by atoms with van der Waals surface area (Å²) in [5.41, 5.74) is -0.337. The Kier molecular flexibility index (Phi) is 4.67. The molecule has 0 bridgehead atoms. The van der Waals surface area contributed by atoms with Gasteiger partial charge >= 0.3 is 0 Å². The van der Waals surface area contributed by atoms with Gasteiger partial charge in [-0.15, -0.1) is 0 Å². The fraction of sp³-hybridized carbons (Fsp3) is 0.263. The van der Waals surface area contributed by atoms with Gasteiger partial charge < -0.3 is 14.7 Å². The summed E-state index contributed by atoms with van der Waals surface area (Å²) < 4.78 is 5.82. The number of methoxy groups -OCH3 is 1. The monoisotopic (exact) mass is 403 g/mol. The molecule has 130 valence electrons. The van der Waals surface area contributed by atoms with E-state index in [9.17, 15) is 14.7 Å². The number of carbonyl (C=O) groups excluding carboxylic acids is 2. The molecule has 1 N–H and O–H groups in total. The molecule has 0 radical (unpaired) electrons. The number of halogens is 1. The first-order chi connectivity index (χ1) is 11.9. The van der Waals surface area contributed by atoms with Crippen LogP contribution in [0.2, 0.25) is 0 Å². The largest absolute Gasteiger partial charge is 0.497 e. The maximum atomic E-state index is 12.8. The number of aliphatic hydroxyl groups is 1. The first-order valence-electron chi connectivity index (χ1n) is 7.92. The molecule has 25 heavy (non-hydrogen) atoms. The SMILES string of the molecule is CCN1C(=O)C(O)(CC(=O)c2ccc(OC)cc2)c2cc(Br)ccc21. The van der Waals surface area contributed by atoms with Gasteiger partial charge in [-0.2, -0.15) is 0 Å². The molecule has 0 saturated heterocycles. The van der Waals surface area contributed by atoms with E-state index in [1.165, 1.54) is 4.90 Å². The lowest BCUT2D eigenvalue weighted by Crippen LogP contribution is -2.41. The zero-order valence-corrected chi connectivity index (χ0v) is 15.5. The van der Waals surface area contributed by atoms with Crippen LogP contribution in [0.3, 0.4) is 0 Å². The smallest absolute Gasteiger partial charge is 0.264 e. The summed E-state index contributed by atoms with van der Waals surface area (Å²) in [4.78, 5) is 26.9. The Labute approximate surface area is 154 Å². The molecule has 0 saturated carbocycles. The van der Waals surface area contributed by atoms with Gasteiger partial charge in [0.15, 0.2) is 11.4 Å². The van der Waals surface area contributed by atoms with E-state index in [-0.39, 0.29) is 12.2 Å². The topological polar surface area (TPSA) is 66.8 Å². The molecule has 1 atom stereocenters. The molecule has 1 aliphatic rings. The van der Waals surface area contributed by atoms with Crippen molar-refractivity contribution >= 4 is 33.3 Å². The van der Waals surface area contributed by atoms with E-state index in [1.54, 1.807) is 43.5 Å². The number of fused-ring (bicyclic) bond motifs is 1. The van der Waals surface area contributed by atoms with Gasteiger partial charge in [0.1, 0.15) is 5.75 Å². The highest BCUT2D eigenvalue weighted by Crippen LogP contribution is 2.44. The van der Waals surface area contributed by atoms with Gasteiger partial charge in [0.2, 0.25) is 0 Å². The third kappa shape index (κ3) is 2.96. The summed E-state index contributed by atoms with van der Waals surface area (Å²) >= 11 is 3.37. The second-order valence-corrected chi connectivity index (χ2v) is 6.82. The van der Waals surface area contributed by atoms with Crippen molar-refractivity contribution in [2.45, 2.75) is 18.9 Å². The number of hydrogen-bond donors (Lipinski definition) is 1. The number of rotatable bonds is 5. The Bertz CT molecular complexity index is 834. The van der Waals surface area contributed by atoms with E-state index in [0.717, 1.165) is 4.47 Å². The molecule has 2 aromatic rings. The Morgan fingerprint density at radius 3 is 2.52 bits per heavy atom. The molecule has 0 aromatic heterocycles. The minimum Gasteiger partial charge on any atom is -0.497 e. The van der Waals surface area contributed by atoms with Crippen molar-refractivity contribution in [2.24, 2.45) is 0 Å². The van der Waals surface area contributed by atoms with Crippen LogP contribution in [0, 0.1) is 0 Å². The first-order valence-corrected chi connectivity index (χ1v) is 8.71. The molecule has 6 heteroatoms. The van der Waals surface area contributed by atoms with Crippen molar-refractivity contribution in [3.8, 4) is 5.75 Å². The molecular weight excluding hydrogens is 386 g/mol. The second kappa shape index (κ2) is 6.61. The molecule has 1 unspecified atom stereocenters. The van der Waals surface area contributed by atoms with E-state index in [1.807, 2.05) is 13.0 Å². The number of benzene rings is 2. The highest BCUT2D eigenvalue weighted by Gasteiger charge is 2.50. The van der Waals surface area contributed by atoms with Crippen LogP contribution < -0.4 is 9.64 Å². The molecule has 0 fully saturated rings. The lowest BCUT2D eigenvalue weighted by molar-refractivity contribution is -0.135. The normalized spacial score (nSPS) is 19.0. The highest BCUT2D eigenvalue weighted by molar-refractivity contribution is 9.10. The molecule has 2 aromatic carbocycles. The zero-order chi connectivity index (χ0) is 18.2. The van der Waals surface area contributed by atoms with Crippen molar-refractivity contribution < 1.29 is 19.4 Å². The van der Waals surface area contributed by atoms with Crippen molar-refractivity contribution in [1.29, 1.82) is 0 Å². The van der Waals surface area contributed by atoms with Gasteiger partial charge in [-0.05, 0) is 49.4 Å². The Morgan fingerprint density at radius 2 is 1.92 bits per heavy atom. The number of likely N-dealkylation sites (N-methyl/N-ethyl adjacent to an activating group) is 1. The molecule has 5 nitrogen and oxygen atoms in total. The quantitative estimate of drug-likeness (QED) is 0.777. The van der Waals surface area contributed by atoms with Crippen molar-refractivity contribution in [1.82, 2.24) is 0 Å². The van der Waals surface area contributed by atoms with Gasteiger partial charge in [-0.1, -0.05) is 15.9 Å². The number of amides is 1. The summed E-state index contributed by atoms with van der Waals surface area (Å²) in [5.74, 6) is -0.133. The van der Waals surface area contributed by atoms with Crippen molar-refractivity contribution in [3.63, 3.8) is 0 Å². The summed E-state index contributed by atoms with van der Waals surface area (Å²) in [5, 5.41) is 11.1. The molecule has 0 aliphatic carbocycles. The van der Waals surface area contributed by atoms with Gasteiger partial charge in [-0.3, -0.25) is 9.59 Å². The maximum absolute atomic E-state index is 12.8. The number of Topliss-reactive ketones (excluding diaryl/α,β-unsaturated/α-hetero) is 1. The maximum Gasteiger partial charge on any atom is 0.264 e. The first kappa shape index (κ1) is 17.6. The number of carbonyl (C=O) groups is 2. The predicted octanol–water partition coefficient (Wildman–Crippen LogP) is 3.28. The van der Waals surface area contributed by atoms with Gasteiger partial charge in [0, 0.05) is 22.1 Å². The van der Waals surface area contributed by atoms with E-state index in [4.69, 9.17) is 4.74 Å². The molecular formula is C19H18BrNO4. The van der Waals surface area contributed by atoms with E-state index >= 15 is 0 Å². The number of ketones is 1. The van der Waals surface area contributed by atoms with Crippen LogP contribution in [-0.4, -0.2) is 30.5 Å². The Morgan fingerprint density at radius 1 is 1.24 bits per heavy atom. The van der Waals surface area contributed by atoms with Gasteiger partial charge in [0.25, 0.3) is 5.91 Å². The van der Waals surface area contributed by atoms with Crippen LogP contribution >= 0.6 is 15.9 Å². The summed E-state index contributed by atoms with van der Waals surface area (Å²) in [6, 6.07) is 11.9. The average molecular weight is 404 g/mol. The number of ether oxygens (including phenoxy) is 1. The number of anilines is 1. The average Bonchev–Trinajstić information content (AvgIpc) is 2.82. The Balaban J connectivity index is 1.96. The minimum absolute atomic E-state index is 0.303. The fourth-order valence-corrected chi connectivity index (χ4v) is 3.48. The fourth-order valence-electron chi connectivity index (χ4n) is 3.12. The van der Waals surface area contributed by atoms with Crippen molar-refractivity contribution in [3.05, 3.63) is 58.1 Å².